The van der Waals surface area contributed by atoms with Crippen molar-refractivity contribution < 1.29 is 23.8 Å². The maximum atomic E-state index is 12.5. The minimum Gasteiger partial charge on any atom is -0.497 e. The lowest BCUT2D eigenvalue weighted by atomic mass is 10.1. The number of nitro groups is 1. The highest BCUT2D eigenvalue weighted by molar-refractivity contribution is 6.21. The molecule has 2 aromatic carbocycles. The third-order valence-corrected chi connectivity index (χ3v) is 4.27. The van der Waals surface area contributed by atoms with E-state index in [0.717, 1.165) is 11.0 Å². The fraction of sp³-hybridized carbons (Fsp3) is 0.111. The lowest BCUT2D eigenvalue weighted by molar-refractivity contribution is -0.384. The monoisotopic (exact) mass is 380 g/mol. The maximum absolute atomic E-state index is 12.5. The third kappa shape index (κ3) is 2.86. The number of fused-ring (bicyclic) bond motifs is 1. The number of non-ortho nitro benzene ring substituents is 1. The fourth-order valence-electron chi connectivity index (χ4n) is 2.85. The number of carbonyl (C=O) groups excluding carboxylic acids is 2. The molecule has 0 bridgehead atoms. The summed E-state index contributed by atoms with van der Waals surface area (Å²) >= 11 is 0. The summed E-state index contributed by atoms with van der Waals surface area (Å²) in [5.41, 5.74) is 0.495. The van der Waals surface area contributed by atoms with Crippen LogP contribution in [-0.2, 0) is 6.54 Å². The van der Waals surface area contributed by atoms with Gasteiger partial charge in [-0.2, -0.15) is 4.98 Å². The second-order valence-corrected chi connectivity index (χ2v) is 5.92. The predicted molar refractivity (Wildman–Crippen MR) is 93.6 cm³/mol. The maximum Gasteiger partial charge on any atom is 0.270 e. The molecule has 0 radical (unpaired) electrons. The first-order chi connectivity index (χ1) is 13.5. The van der Waals surface area contributed by atoms with Crippen molar-refractivity contribution in [3.63, 3.8) is 0 Å². The van der Waals surface area contributed by atoms with Gasteiger partial charge in [-0.25, -0.2) is 0 Å². The number of ether oxygens (including phenoxy) is 1. The number of methoxy groups -OCH3 is 1. The molecule has 140 valence electrons. The van der Waals surface area contributed by atoms with Crippen LogP contribution < -0.4 is 4.74 Å². The summed E-state index contributed by atoms with van der Waals surface area (Å²) in [6.45, 7) is -0.233. The second-order valence-electron chi connectivity index (χ2n) is 5.92. The van der Waals surface area contributed by atoms with Crippen molar-refractivity contribution in [3.8, 4) is 17.1 Å². The molecule has 10 heteroatoms. The summed E-state index contributed by atoms with van der Waals surface area (Å²) in [6, 6.07) is 10.5. The molecule has 1 aliphatic rings. The number of imide groups is 1. The summed E-state index contributed by atoms with van der Waals surface area (Å²) < 4.78 is 10.2. The molecule has 10 nitrogen and oxygen atoms in total. The number of amides is 2. The van der Waals surface area contributed by atoms with Crippen LogP contribution in [0.5, 0.6) is 5.75 Å². The number of nitrogens with zero attached hydrogens (tertiary/aromatic N) is 4. The molecule has 0 aliphatic carbocycles. The normalized spacial score (nSPS) is 13.0. The van der Waals surface area contributed by atoms with Crippen LogP contribution in [0.2, 0.25) is 0 Å². The molecule has 0 saturated carbocycles. The molecule has 2 heterocycles. The predicted octanol–water partition coefficient (Wildman–Crippen LogP) is 2.45. The molecule has 0 fully saturated rings. The minimum absolute atomic E-state index is 0.0194. The molecular weight excluding hydrogens is 368 g/mol. The van der Waals surface area contributed by atoms with Crippen molar-refractivity contribution in [1.29, 1.82) is 0 Å². The van der Waals surface area contributed by atoms with Crippen LogP contribution in [0.25, 0.3) is 11.4 Å². The molecule has 28 heavy (non-hydrogen) atoms. The van der Waals surface area contributed by atoms with E-state index in [2.05, 4.69) is 10.1 Å². The number of carbonyl (C=O) groups is 2. The van der Waals surface area contributed by atoms with Gasteiger partial charge < -0.3 is 9.26 Å². The van der Waals surface area contributed by atoms with Crippen LogP contribution >= 0.6 is 0 Å². The Balaban J connectivity index is 1.56. The Labute approximate surface area is 157 Å². The van der Waals surface area contributed by atoms with E-state index >= 15 is 0 Å². The zero-order valence-electron chi connectivity index (χ0n) is 14.5. The quantitative estimate of drug-likeness (QED) is 0.375. The van der Waals surface area contributed by atoms with Gasteiger partial charge in [0.15, 0.2) is 0 Å². The van der Waals surface area contributed by atoms with Gasteiger partial charge in [-0.3, -0.25) is 24.6 Å². The Morgan fingerprint density at radius 1 is 1.11 bits per heavy atom. The summed E-state index contributed by atoms with van der Waals surface area (Å²) in [4.78, 5) is 40.4. The average Bonchev–Trinajstić information content (AvgIpc) is 3.27. The van der Waals surface area contributed by atoms with Crippen LogP contribution in [-0.4, -0.2) is 38.9 Å². The molecule has 1 aliphatic heterocycles. The topological polar surface area (TPSA) is 129 Å². The Hall–Kier alpha value is -4.08. The van der Waals surface area contributed by atoms with E-state index in [1.54, 1.807) is 31.4 Å². The highest BCUT2D eigenvalue weighted by atomic mass is 16.6. The van der Waals surface area contributed by atoms with Gasteiger partial charge >= 0.3 is 0 Å². The van der Waals surface area contributed by atoms with Gasteiger partial charge in [0.25, 0.3) is 17.5 Å². The van der Waals surface area contributed by atoms with Crippen molar-refractivity contribution >= 4 is 17.5 Å². The Morgan fingerprint density at radius 2 is 1.82 bits per heavy atom. The van der Waals surface area contributed by atoms with E-state index in [9.17, 15) is 19.7 Å². The van der Waals surface area contributed by atoms with Gasteiger partial charge in [-0.05, 0) is 30.3 Å². The van der Waals surface area contributed by atoms with Gasteiger partial charge in [0.2, 0.25) is 11.7 Å². The number of hydrogen-bond donors (Lipinski definition) is 0. The fourth-order valence-corrected chi connectivity index (χ4v) is 2.85. The first-order valence-corrected chi connectivity index (χ1v) is 8.09. The molecule has 3 aromatic rings. The van der Waals surface area contributed by atoms with E-state index in [0.29, 0.717) is 17.1 Å². The van der Waals surface area contributed by atoms with Crippen molar-refractivity contribution in [2.45, 2.75) is 6.54 Å². The van der Waals surface area contributed by atoms with E-state index in [1.807, 2.05) is 0 Å². The molecule has 0 unspecified atom stereocenters. The van der Waals surface area contributed by atoms with E-state index < -0.39 is 16.7 Å². The van der Waals surface area contributed by atoms with Crippen molar-refractivity contribution in [3.05, 3.63) is 69.6 Å². The van der Waals surface area contributed by atoms with Crippen molar-refractivity contribution in [2.24, 2.45) is 0 Å². The Morgan fingerprint density at radius 3 is 2.50 bits per heavy atom. The van der Waals surface area contributed by atoms with Crippen LogP contribution in [0.3, 0.4) is 0 Å². The molecule has 2 amide bonds. The summed E-state index contributed by atoms with van der Waals surface area (Å²) in [5, 5.41) is 14.7. The van der Waals surface area contributed by atoms with Crippen LogP contribution in [0.4, 0.5) is 5.69 Å². The van der Waals surface area contributed by atoms with Gasteiger partial charge in [0.1, 0.15) is 12.3 Å². The van der Waals surface area contributed by atoms with E-state index in [1.165, 1.54) is 12.1 Å². The van der Waals surface area contributed by atoms with E-state index in [4.69, 9.17) is 9.26 Å². The zero-order chi connectivity index (χ0) is 19.8. The molecule has 0 atom stereocenters. The smallest absolute Gasteiger partial charge is 0.270 e. The highest BCUT2D eigenvalue weighted by Gasteiger charge is 2.37. The van der Waals surface area contributed by atoms with Crippen molar-refractivity contribution in [2.75, 3.05) is 7.11 Å². The third-order valence-electron chi connectivity index (χ3n) is 4.27. The molecule has 0 N–H and O–H groups in total. The number of aromatic nitrogens is 2. The van der Waals surface area contributed by atoms with Crippen LogP contribution in [0.1, 0.15) is 26.6 Å². The first kappa shape index (κ1) is 17.3. The molecule has 0 spiro atoms. The first-order valence-electron chi connectivity index (χ1n) is 8.09. The van der Waals surface area contributed by atoms with Crippen LogP contribution in [0.15, 0.2) is 47.0 Å². The number of rotatable bonds is 5. The standard InChI is InChI=1S/C18H12N4O6/c1-27-12-5-2-10(3-6-12)16-19-15(28-20-16)9-21-17(23)13-7-4-11(22(25)26)8-14(13)18(21)24/h2-8H,9H2,1H3. The van der Waals surface area contributed by atoms with Gasteiger partial charge in [-0.1, -0.05) is 5.16 Å². The van der Waals surface area contributed by atoms with Crippen LogP contribution in [0, 0.1) is 10.1 Å². The van der Waals surface area contributed by atoms with E-state index in [-0.39, 0.29) is 29.2 Å². The largest absolute Gasteiger partial charge is 0.497 e. The van der Waals surface area contributed by atoms with Gasteiger partial charge in [-0.15, -0.1) is 0 Å². The minimum atomic E-state index is -0.645. The number of nitro benzene ring substituents is 1. The highest BCUT2D eigenvalue weighted by Crippen LogP contribution is 2.28. The number of hydrogen-bond acceptors (Lipinski definition) is 8. The Kier molecular flexibility index (Phi) is 4.07. The molecule has 0 saturated heterocycles. The van der Waals surface area contributed by atoms with Gasteiger partial charge in [0, 0.05) is 17.7 Å². The lowest BCUT2D eigenvalue weighted by Gasteiger charge is -2.09. The SMILES string of the molecule is COc1ccc(-c2noc(CN3C(=O)c4ccc([N+](=O)[O-])cc4C3=O)n2)cc1. The number of benzene rings is 2. The summed E-state index contributed by atoms with van der Waals surface area (Å²) in [7, 11) is 1.55. The lowest BCUT2D eigenvalue weighted by Crippen LogP contribution is -2.29. The summed E-state index contributed by atoms with van der Waals surface area (Å²) in [5.74, 6) is -0.181. The van der Waals surface area contributed by atoms with Crippen molar-refractivity contribution in [1.82, 2.24) is 15.0 Å². The zero-order valence-corrected chi connectivity index (χ0v) is 14.5. The van der Waals surface area contributed by atoms with Gasteiger partial charge in [0.05, 0.1) is 23.2 Å². The second kappa shape index (κ2) is 6.58. The Bertz CT molecular complexity index is 1110. The molecule has 4 rings (SSSR count). The average molecular weight is 380 g/mol. The molecule has 1 aromatic heterocycles. The summed E-state index contributed by atoms with van der Waals surface area (Å²) in [6.07, 6.45) is 0. The molecular formula is C18H12N4O6.